The van der Waals surface area contributed by atoms with E-state index in [2.05, 4.69) is 82.9 Å². The number of amides is 1. The first-order valence-electron chi connectivity index (χ1n) is 21.7. The number of fused-ring (bicyclic) bond motifs is 1. The minimum Gasteiger partial charge on any atom is -0.336 e. The second-order valence-electron chi connectivity index (χ2n) is 16.0. The highest BCUT2D eigenvalue weighted by Crippen LogP contribution is 2.26. The van der Waals surface area contributed by atoms with Gasteiger partial charge in [-0.25, -0.2) is 4.99 Å². The number of hydrogen-bond acceptors (Lipinski definition) is 12. The highest BCUT2D eigenvalue weighted by molar-refractivity contribution is 5.90. The lowest BCUT2D eigenvalue weighted by Crippen LogP contribution is -2.45. The lowest BCUT2D eigenvalue weighted by atomic mass is 9.91. The van der Waals surface area contributed by atoms with Crippen LogP contribution in [-0.4, -0.2) is 160 Å². The molecular weight excluding hydrogens is 781 g/mol. The van der Waals surface area contributed by atoms with Crippen molar-refractivity contribution in [2.24, 2.45) is 12.0 Å². The summed E-state index contributed by atoms with van der Waals surface area (Å²) in [6.45, 7) is 18.0. The van der Waals surface area contributed by atoms with Crippen LogP contribution in [-0.2, 0) is 21.4 Å². The largest absolute Gasteiger partial charge is 0.336 e. The third kappa shape index (κ3) is 16.9. The van der Waals surface area contributed by atoms with E-state index in [-0.39, 0.29) is 5.91 Å². The molecule has 14 nitrogen and oxygen atoms in total. The summed E-state index contributed by atoms with van der Waals surface area (Å²) in [5.41, 5.74) is 6.28. The maximum atomic E-state index is 12.4. The Kier molecular flexibility index (Phi) is 22.1. The van der Waals surface area contributed by atoms with Crippen LogP contribution in [0.15, 0.2) is 95.9 Å². The maximum absolute atomic E-state index is 12.4. The average molecular weight is 849 g/mol. The minimum atomic E-state index is -0.00229. The Hall–Kier alpha value is -5.22. The molecule has 4 aromatic rings. The molecule has 0 saturated carbocycles. The van der Waals surface area contributed by atoms with E-state index in [4.69, 9.17) is 4.79 Å². The molecule has 3 saturated heterocycles. The second-order valence-corrected chi connectivity index (χ2v) is 16.0. The van der Waals surface area contributed by atoms with E-state index in [1.165, 1.54) is 43.6 Å². The van der Waals surface area contributed by atoms with Gasteiger partial charge in [0, 0.05) is 145 Å². The lowest BCUT2D eigenvalue weighted by molar-refractivity contribution is -0.116. The summed E-state index contributed by atoms with van der Waals surface area (Å²) in [6, 6.07) is 22.1. The quantitative estimate of drug-likeness (QED) is 0.134. The van der Waals surface area contributed by atoms with Crippen molar-refractivity contribution in [3.8, 4) is 0 Å². The van der Waals surface area contributed by atoms with Crippen LogP contribution in [0.3, 0.4) is 0 Å². The Morgan fingerprint density at radius 1 is 0.903 bits per heavy atom. The molecule has 1 amide bonds. The van der Waals surface area contributed by atoms with Crippen LogP contribution in [0.2, 0.25) is 0 Å². The highest BCUT2D eigenvalue weighted by Gasteiger charge is 2.20. The van der Waals surface area contributed by atoms with Crippen LogP contribution in [0.25, 0.3) is 10.9 Å². The van der Waals surface area contributed by atoms with Crippen molar-refractivity contribution in [1.29, 1.82) is 0 Å². The number of aldehydes is 2. The fraction of sp³-hybridized carbons (Fsp3) is 0.458. The first kappa shape index (κ1) is 49.4. The van der Waals surface area contributed by atoms with Crippen molar-refractivity contribution < 1.29 is 19.2 Å². The smallest absolute Gasteiger partial charge is 0.225 e. The second kappa shape index (κ2) is 27.7. The molecule has 334 valence electrons. The predicted molar refractivity (Wildman–Crippen MR) is 249 cm³/mol. The maximum Gasteiger partial charge on any atom is 0.225 e. The van der Waals surface area contributed by atoms with Crippen molar-refractivity contribution in [3.05, 3.63) is 113 Å². The number of carbonyl (C=O) groups is 4. The van der Waals surface area contributed by atoms with E-state index in [9.17, 15) is 14.4 Å². The van der Waals surface area contributed by atoms with Crippen LogP contribution in [0, 0.1) is 6.92 Å². The summed E-state index contributed by atoms with van der Waals surface area (Å²) in [4.78, 5) is 60.5. The molecule has 0 radical (unpaired) electrons. The standard InChI is InChI=1S/C22H35N7O2.C14H22N2.C11H9NO.CH2O/c1-26-11-13-29(14-12-26)17-19(18-30)16-24-21-15-20(3-7-27(21)2)25-22(31)4-8-28-9-5-23-6-10-28;1-15-9-11-16-10-5-8-14(12-16)13-6-3-2-4-7-13;1-8-4-5-12-11-6-9(7-13)2-3-10(8)11;1-2/h3,7,15-16,18,23H,4-6,8-14,17H2,1-2H3,(H,25,31);2-4,6-7,14-15H,5,8-12H2,1H3;2-7H,1H3;1H2/b19-16-,24-21?;;;. The summed E-state index contributed by atoms with van der Waals surface area (Å²) >= 11 is 0. The summed E-state index contributed by atoms with van der Waals surface area (Å²) < 4.78 is 1.87. The third-order valence-electron chi connectivity index (χ3n) is 11.4. The van der Waals surface area contributed by atoms with Gasteiger partial charge in [0.1, 0.15) is 24.8 Å². The van der Waals surface area contributed by atoms with Gasteiger partial charge in [0.05, 0.1) is 5.52 Å². The number of rotatable bonds is 13. The van der Waals surface area contributed by atoms with Gasteiger partial charge in [0.2, 0.25) is 5.91 Å². The number of anilines is 1. The van der Waals surface area contributed by atoms with Gasteiger partial charge >= 0.3 is 0 Å². The van der Waals surface area contributed by atoms with Gasteiger partial charge in [0.15, 0.2) is 0 Å². The summed E-state index contributed by atoms with van der Waals surface area (Å²) in [5, 5.41) is 10.6. The van der Waals surface area contributed by atoms with E-state index in [1.807, 2.05) is 68.9 Å². The topological polar surface area (TPSA) is 148 Å². The monoisotopic (exact) mass is 849 g/mol. The molecule has 3 aliphatic heterocycles. The zero-order valence-corrected chi connectivity index (χ0v) is 37.3. The Bertz CT molecular complexity index is 2060. The number of aromatic nitrogens is 2. The average Bonchev–Trinajstić information content (AvgIpc) is 3.32. The van der Waals surface area contributed by atoms with Crippen LogP contribution in [0.5, 0.6) is 0 Å². The molecule has 1 atom stereocenters. The number of hydrogen-bond donors (Lipinski definition) is 3. The van der Waals surface area contributed by atoms with Gasteiger partial charge in [-0.15, -0.1) is 0 Å². The molecule has 3 fully saturated rings. The van der Waals surface area contributed by atoms with Gasteiger partial charge in [0.25, 0.3) is 0 Å². The fourth-order valence-electron chi connectivity index (χ4n) is 7.61. The number of carbonyl (C=O) groups excluding carboxylic acids is 4. The third-order valence-corrected chi connectivity index (χ3v) is 11.4. The van der Waals surface area contributed by atoms with Gasteiger partial charge in [-0.2, -0.15) is 0 Å². The van der Waals surface area contributed by atoms with E-state index in [0.717, 1.165) is 94.8 Å². The number of benzene rings is 2. The van der Waals surface area contributed by atoms with Crippen molar-refractivity contribution in [2.75, 3.05) is 111 Å². The van der Waals surface area contributed by atoms with Crippen LogP contribution < -0.4 is 21.4 Å². The van der Waals surface area contributed by atoms with E-state index in [1.54, 1.807) is 18.5 Å². The molecule has 5 heterocycles. The molecule has 2 aromatic carbocycles. The Labute approximate surface area is 368 Å². The molecule has 0 aliphatic carbocycles. The summed E-state index contributed by atoms with van der Waals surface area (Å²) in [7, 11) is 6.03. The normalized spacial score (nSPS) is 18.0. The van der Waals surface area contributed by atoms with E-state index in [0.29, 0.717) is 35.3 Å². The Morgan fingerprint density at radius 3 is 2.37 bits per heavy atom. The number of nitrogens with one attached hydrogen (secondary N) is 3. The zero-order valence-electron chi connectivity index (χ0n) is 37.3. The number of likely N-dealkylation sites (N-methyl/N-ethyl adjacent to an activating group) is 2. The van der Waals surface area contributed by atoms with Gasteiger partial charge in [-0.1, -0.05) is 42.5 Å². The molecule has 0 spiro atoms. The van der Waals surface area contributed by atoms with Crippen molar-refractivity contribution in [2.45, 2.75) is 32.1 Å². The molecule has 14 heteroatoms. The van der Waals surface area contributed by atoms with Gasteiger partial charge in [-0.3, -0.25) is 24.3 Å². The van der Waals surface area contributed by atoms with Crippen LogP contribution in [0.4, 0.5) is 5.69 Å². The predicted octanol–water partition coefficient (Wildman–Crippen LogP) is 3.75. The number of likely N-dealkylation sites (tertiary alicyclic amines) is 1. The van der Waals surface area contributed by atoms with Gasteiger partial charge in [-0.05, 0) is 75.6 Å². The fourth-order valence-corrected chi connectivity index (χ4v) is 7.61. The molecule has 3 N–H and O–H groups in total. The molecule has 3 aliphatic rings. The molecule has 62 heavy (non-hydrogen) atoms. The zero-order chi connectivity index (χ0) is 44.5. The SMILES string of the molecule is C=O.CN1CCN(C/C(C=O)=C/N=c2cc(NC(=O)CCN3CCNCC3)ccn2C)CC1.CNCCN1CCCC(c2ccccc2)C1.Cc1ccnc2cc(C=O)ccc12. The Morgan fingerprint density at radius 2 is 1.66 bits per heavy atom. The number of aryl methyl sites for hydroxylation is 2. The molecule has 2 aromatic heterocycles. The van der Waals surface area contributed by atoms with Crippen LogP contribution in [0.1, 0.15) is 46.7 Å². The number of piperazine rings is 2. The molecule has 1 unspecified atom stereocenters. The van der Waals surface area contributed by atoms with Crippen LogP contribution >= 0.6 is 0 Å². The van der Waals surface area contributed by atoms with Gasteiger partial charge < -0.3 is 40.0 Å². The minimum absolute atomic E-state index is 0.00229. The van der Waals surface area contributed by atoms with Crippen molar-refractivity contribution in [3.63, 3.8) is 0 Å². The Balaban J connectivity index is 0.000000226. The van der Waals surface area contributed by atoms with E-state index >= 15 is 0 Å². The van der Waals surface area contributed by atoms with Crippen molar-refractivity contribution >= 4 is 41.9 Å². The summed E-state index contributed by atoms with van der Waals surface area (Å²) in [6.07, 6.45) is 10.1. The number of pyridine rings is 2. The lowest BCUT2D eigenvalue weighted by Gasteiger charge is -2.32. The molecule has 7 rings (SSSR count). The first-order chi connectivity index (χ1) is 30.2. The molecule has 0 bridgehead atoms. The number of nitrogens with zero attached hydrogens (tertiary/aromatic N) is 7. The summed E-state index contributed by atoms with van der Waals surface area (Å²) in [5.74, 6) is 0.740. The highest BCUT2D eigenvalue weighted by atomic mass is 16.1. The number of piperidine rings is 1. The van der Waals surface area contributed by atoms with Crippen molar-refractivity contribution in [1.82, 2.24) is 39.8 Å². The first-order valence-corrected chi connectivity index (χ1v) is 21.7. The van der Waals surface area contributed by atoms with E-state index < -0.39 is 0 Å². The molecular formula is C48H68N10O4.